The highest BCUT2D eigenvalue weighted by atomic mass is 16.5. The van der Waals surface area contributed by atoms with E-state index in [1.807, 2.05) is 18.2 Å². The summed E-state index contributed by atoms with van der Waals surface area (Å²) in [7, 11) is 1.66. The van der Waals surface area contributed by atoms with Gasteiger partial charge in [0, 0.05) is 12.6 Å². The molecular weight excluding hydrogens is 212 g/mol. The van der Waals surface area contributed by atoms with Crippen LogP contribution in [0.25, 0.3) is 0 Å². The topological polar surface area (TPSA) is 34.1 Å². The molecule has 1 aromatic heterocycles. The molecule has 3 heteroatoms. The first kappa shape index (κ1) is 10.9. The average Bonchev–Trinajstić information content (AvgIpc) is 3.22. The lowest BCUT2D eigenvalue weighted by molar-refractivity contribution is 0.397. The highest BCUT2D eigenvalue weighted by molar-refractivity contribution is 5.37. The van der Waals surface area contributed by atoms with Crippen molar-refractivity contribution >= 4 is 5.82 Å². The maximum atomic E-state index is 5.13. The molecule has 0 spiro atoms. The Hall–Kier alpha value is -1.25. The Morgan fingerprint density at radius 2 is 2.00 bits per heavy atom. The quantitative estimate of drug-likeness (QED) is 0.818. The summed E-state index contributed by atoms with van der Waals surface area (Å²) in [6.07, 6.45) is 5.76. The SMILES string of the molecule is COc1cccc(NCC(C2CC2)C2CC2)n1. The van der Waals surface area contributed by atoms with Gasteiger partial charge in [0.25, 0.3) is 0 Å². The molecule has 0 atom stereocenters. The third-order valence-corrected chi connectivity index (χ3v) is 3.91. The summed E-state index contributed by atoms with van der Waals surface area (Å²) in [6.45, 7) is 1.08. The van der Waals surface area contributed by atoms with Gasteiger partial charge in [-0.05, 0) is 49.5 Å². The number of methoxy groups -OCH3 is 1. The number of anilines is 1. The van der Waals surface area contributed by atoms with Gasteiger partial charge in [-0.1, -0.05) is 6.07 Å². The summed E-state index contributed by atoms with van der Waals surface area (Å²) in [6, 6.07) is 5.88. The first-order chi connectivity index (χ1) is 8.36. The van der Waals surface area contributed by atoms with Crippen molar-refractivity contribution in [3.8, 4) is 5.88 Å². The molecule has 0 aliphatic heterocycles. The molecule has 92 valence electrons. The zero-order valence-corrected chi connectivity index (χ0v) is 10.4. The molecule has 3 rings (SSSR count). The summed E-state index contributed by atoms with van der Waals surface area (Å²) >= 11 is 0. The molecule has 0 amide bonds. The molecule has 0 unspecified atom stereocenters. The second-order valence-corrected chi connectivity index (χ2v) is 5.28. The van der Waals surface area contributed by atoms with Crippen LogP contribution in [0.4, 0.5) is 5.82 Å². The molecule has 1 heterocycles. The molecule has 1 N–H and O–H groups in total. The Morgan fingerprint density at radius 1 is 1.29 bits per heavy atom. The van der Waals surface area contributed by atoms with Gasteiger partial charge in [0.05, 0.1) is 7.11 Å². The van der Waals surface area contributed by atoms with Crippen LogP contribution in [0.2, 0.25) is 0 Å². The van der Waals surface area contributed by atoms with E-state index in [9.17, 15) is 0 Å². The third-order valence-electron chi connectivity index (χ3n) is 3.91. The van der Waals surface area contributed by atoms with E-state index < -0.39 is 0 Å². The normalized spacial score (nSPS) is 19.4. The van der Waals surface area contributed by atoms with Crippen LogP contribution in [-0.2, 0) is 0 Å². The van der Waals surface area contributed by atoms with Crippen LogP contribution in [0.1, 0.15) is 25.7 Å². The number of aromatic nitrogens is 1. The van der Waals surface area contributed by atoms with Crippen LogP contribution in [0.15, 0.2) is 18.2 Å². The van der Waals surface area contributed by atoms with Gasteiger partial charge in [-0.25, -0.2) is 0 Å². The van der Waals surface area contributed by atoms with Crippen molar-refractivity contribution in [2.75, 3.05) is 19.0 Å². The number of ether oxygens (including phenoxy) is 1. The Bertz CT molecular complexity index is 374. The van der Waals surface area contributed by atoms with Gasteiger partial charge in [0.1, 0.15) is 5.82 Å². The van der Waals surface area contributed by atoms with Gasteiger partial charge in [-0.15, -0.1) is 0 Å². The van der Waals surface area contributed by atoms with E-state index in [0.717, 1.165) is 30.1 Å². The van der Waals surface area contributed by atoms with E-state index in [1.54, 1.807) is 7.11 Å². The molecule has 2 aliphatic rings. The standard InChI is InChI=1S/C14H20N2O/c1-17-14-4-2-3-13(16-14)15-9-12(10-5-6-10)11-7-8-11/h2-4,10-12H,5-9H2,1H3,(H,15,16). The molecule has 2 fully saturated rings. The lowest BCUT2D eigenvalue weighted by Crippen LogP contribution is -2.18. The Balaban J connectivity index is 1.58. The van der Waals surface area contributed by atoms with Crippen molar-refractivity contribution in [1.82, 2.24) is 4.98 Å². The number of pyridine rings is 1. The third kappa shape index (κ3) is 2.71. The number of nitrogens with zero attached hydrogens (tertiary/aromatic N) is 1. The lowest BCUT2D eigenvalue weighted by atomic mass is 9.98. The van der Waals surface area contributed by atoms with E-state index in [-0.39, 0.29) is 0 Å². The van der Waals surface area contributed by atoms with E-state index in [2.05, 4.69) is 10.3 Å². The maximum Gasteiger partial charge on any atom is 0.214 e. The van der Waals surface area contributed by atoms with Crippen molar-refractivity contribution in [3.05, 3.63) is 18.2 Å². The molecule has 3 nitrogen and oxygen atoms in total. The lowest BCUT2D eigenvalue weighted by Gasteiger charge is -2.16. The molecule has 2 saturated carbocycles. The second kappa shape index (κ2) is 4.55. The van der Waals surface area contributed by atoms with Crippen LogP contribution in [-0.4, -0.2) is 18.6 Å². The molecule has 0 aromatic carbocycles. The summed E-state index contributed by atoms with van der Waals surface area (Å²) < 4.78 is 5.13. The zero-order valence-electron chi connectivity index (χ0n) is 10.4. The minimum atomic E-state index is 0.685. The highest BCUT2D eigenvalue weighted by Crippen LogP contribution is 2.49. The van der Waals surface area contributed by atoms with E-state index in [4.69, 9.17) is 4.74 Å². The largest absolute Gasteiger partial charge is 0.481 e. The van der Waals surface area contributed by atoms with Gasteiger partial charge >= 0.3 is 0 Å². The zero-order chi connectivity index (χ0) is 11.7. The minimum absolute atomic E-state index is 0.685. The van der Waals surface area contributed by atoms with Gasteiger partial charge in [-0.3, -0.25) is 0 Å². The van der Waals surface area contributed by atoms with E-state index >= 15 is 0 Å². The van der Waals surface area contributed by atoms with Crippen LogP contribution in [0, 0.1) is 17.8 Å². The van der Waals surface area contributed by atoms with E-state index in [1.165, 1.54) is 25.7 Å². The summed E-state index contributed by atoms with van der Waals surface area (Å²) in [5.41, 5.74) is 0. The molecule has 2 aliphatic carbocycles. The number of nitrogens with one attached hydrogen (secondary N) is 1. The average molecular weight is 232 g/mol. The van der Waals surface area contributed by atoms with Gasteiger partial charge < -0.3 is 10.1 Å². The number of hydrogen-bond acceptors (Lipinski definition) is 3. The van der Waals surface area contributed by atoms with Crippen molar-refractivity contribution in [2.24, 2.45) is 17.8 Å². The molecule has 17 heavy (non-hydrogen) atoms. The maximum absolute atomic E-state index is 5.13. The summed E-state index contributed by atoms with van der Waals surface area (Å²) in [5, 5.41) is 3.47. The van der Waals surface area contributed by atoms with Gasteiger partial charge in [-0.2, -0.15) is 4.98 Å². The Morgan fingerprint density at radius 3 is 2.59 bits per heavy atom. The van der Waals surface area contributed by atoms with Crippen molar-refractivity contribution < 1.29 is 4.74 Å². The fourth-order valence-corrected chi connectivity index (χ4v) is 2.62. The van der Waals surface area contributed by atoms with Crippen LogP contribution >= 0.6 is 0 Å². The van der Waals surface area contributed by atoms with Crippen molar-refractivity contribution in [2.45, 2.75) is 25.7 Å². The molecule has 1 aromatic rings. The fraction of sp³-hybridized carbons (Fsp3) is 0.643. The molecule has 0 saturated heterocycles. The minimum Gasteiger partial charge on any atom is -0.481 e. The molecule has 0 radical (unpaired) electrons. The number of hydrogen-bond donors (Lipinski definition) is 1. The van der Waals surface area contributed by atoms with Crippen molar-refractivity contribution in [3.63, 3.8) is 0 Å². The monoisotopic (exact) mass is 232 g/mol. The first-order valence-electron chi connectivity index (χ1n) is 6.62. The predicted molar refractivity (Wildman–Crippen MR) is 68.2 cm³/mol. The second-order valence-electron chi connectivity index (χ2n) is 5.28. The fourth-order valence-electron chi connectivity index (χ4n) is 2.62. The van der Waals surface area contributed by atoms with Crippen LogP contribution in [0.3, 0.4) is 0 Å². The van der Waals surface area contributed by atoms with Gasteiger partial charge in [0.2, 0.25) is 5.88 Å². The number of rotatable bonds is 6. The summed E-state index contributed by atoms with van der Waals surface area (Å²) in [5.74, 6) is 4.48. The van der Waals surface area contributed by atoms with Crippen LogP contribution in [0.5, 0.6) is 5.88 Å². The Kier molecular flexibility index (Phi) is 2.91. The predicted octanol–water partition coefficient (Wildman–Crippen LogP) is 2.94. The molecular formula is C14H20N2O. The molecule has 0 bridgehead atoms. The highest BCUT2D eigenvalue weighted by Gasteiger charge is 2.40. The van der Waals surface area contributed by atoms with Gasteiger partial charge in [0.15, 0.2) is 0 Å². The van der Waals surface area contributed by atoms with E-state index in [0.29, 0.717) is 5.88 Å². The van der Waals surface area contributed by atoms with Crippen LogP contribution < -0.4 is 10.1 Å². The first-order valence-corrected chi connectivity index (χ1v) is 6.62. The smallest absolute Gasteiger partial charge is 0.214 e. The Labute approximate surface area is 103 Å². The summed E-state index contributed by atoms with van der Waals surface area (Å²) in [4.78, 5) is 4.39. The van der Waals surface area contributed by atoms with Crippen molar-refractivity contribution in [1.29, 1.82) is 0 Å².